The lowest BCUT2D eigenvalue weighted by atomic mass is 10.3. The summed E-state index contributed by atoms with van der Waals surface area (Å²) in [6.07, 6.45) is 0.828. The number of imidazole rings is 1. The van der Waals surface area contributed by atoms with Crippen LogP contribution in [0, 0.1) is 5.82 Å². The number of fused-ring (bicyclic) bond motifs is 1. The third kappa shape index (κ3) is 3.51. The van der Waals surface area contributed by atoms with Crippen LogP contribution in [0.3, 0.4) is 0 Å². The molecule has 0 atom stereocenters. The molecule has 4 nitrogen and oxygen atoms in total. The van der Waals surface area contributed by atoms with E-state index in [2.05, 4.69) is 15.3 Å². The minimum atomic E-state index is -0.256. The van der Waals surface area contributed by atoms with Gasteiger partial charge in [0.15, 0.2) is 0 Å². The van der Waals surface area contributed by atoms with Gasteiger partial charge in [0.25, 0.3) is 0 Å². The monoisotopic (exact) mass is 285 g/mol. The van der Waals surface area contributed by atoms with Crippen LogP contribution in [0.2, 0.25) is 0 Å². The maximum atomic E-state index is 12.7. The van der Waals surface area contributed by atoms with E-state index in [1.165, 1.54) is 12.1 Å². The van der Waals surface area contributed by atoms with Gasteiger partial charge in [-0.25, -0.2) is 9.37 Å². The van der Waals surface area contributed by atoms with Crippen LogP contribution in [0.1, 0.15) is 6.42 Å². The summed E-state index contributed by atoms with van der Waals surface area (Å²) in [6, 6.07) is 13.9. The predicted molar refractivity (Wildman–Crippen MR) is 81.1 cm³/mol. The number of halogens is 1. The van der Waals surface area contributed by atoms with Gasteiger partial charge >= 0.3 is 0 Å². The number of hydrogen-bond acceptors (Lipinski definition) is 3. The van der Waals surface area contributed by atoms with Crippen molar-refractivity contribution >= 4 is 17.0 Å². The molecule has 3 aromatic rings. The zero-order valence-electron chi connectivity index (χ0n) is 11.5. The molecule has 0 aliphatic heterocycles. The molecule has 5 heteroatoms. The van der Waals surface area contributed by atoms with Gasteiger partial charge in [0.05, 0.1) is 17.6 Å². The second-order valence-corrected chi connectivity index (χ2v) is 4.69. The number of para-hydroxylation sites is 2. The summed E-state index contributed by atoms with van der Waals surface area (Å²) in [7, 11) is 0. The molecule has 21 heavy (non-hydrogen) atoms. The van der Waals surface area contributed by atoms with Gasteiger partial charge in [0, 0.05) is 6.54 Å². The Labute approximate surface area is 122 Å². The molecule has 0 amide bonds. The van der Waals surface area contributed by atoms with Gasteiger partial charge in [-0.2, -0.15) is 0 Å². The van der Waals surface area contributed by atoms with E-state index in [-0.39, 0.29) is 5.82 Å². The van der Waals surface area contributed by atoms with Gasteiger partial charge in [-0.1, -0.05) is 12.1 Å². The lowest BCUT2D eigenvalue weighted by Crippen LogP contribution is -2.08. The smallest absolute Gasteiger partial charge is 0.201 e. The highest BCUT2D eigenvalue weighted by Gasteiger charge is 2.00. The van der Waals surface area contributed by atoms with Crippen LogP contribution in [0.15, 0.2) is 48.5 Å². The van der Waals surface area contributed by atoms with Crippen molar-refractivity contribution < 1.29 is 9.13 Å². The van der Waals surface area contributed by atoms with Crippen molar-refractivity contribution in [3.8, 4) is 5.75 Å². The third-order valence-corrected chi connectivity index (χ3v) is 3.09. The fourth-order valence-electron chi connectivity index (χ4n) is 2.04. The molecule has 0 aliphatic rings. The number of nitrogens with zero attached hydrogens (tertiary/aromatic N) is 1. The molecular formula is C16H16FN3O. The number of aromatic amines is 1. The third-order valence-electron chi connectivity index (χ3n) is 3.09. The lowest BCUT2D eigenvalue weighted by Gasteiger charge is -2.06. The quantitative estimate of drug-likeness (QED) is 0.681. The van der Waals surface area contributed by atoms with Crippen molar-refractivity contribution in [1.29, 1.82) is 0 Å². The molecule has 0 unspecified atom stereocenters. The maximum absolute atomic E-state index is 12.7. The van der Waals surface area contributed by atoms with Gasteiger partial charge in [-0.3, -0.25) is 0 Å². The SMILES string of the molecule is Fc1ccc(OCCCNc2nc3ccccc3[nH]2)cc1. The Morgan fingerprint density at radius 3 is 2.71 bits per heavy atom. The Bertz CT molecular complexity index is 676. The Morgan fingerprint density at radius 1 is 1.10 bits per heavy atom. The fraction of sp³-hybridized carbons (Fsp3) is 0.188. The molecule has 2 N–H and O–H groups in total. The summed E-state index contributed by atoms with van der Waals surface area (Å²) in [5.41, 5.74) is 1.96. The highest BCUT2D eigenvalue weighted by Crippen LogP contribution is 2.13. The largest absolute Gasteiger partial charge is 0.494 e. The number of H-pyrrole nitrogens is 1. The van der Waals surface area contributed by atoms with E-state index in [0.717, 1.165) is 29.9 Å². The first-order valence-electron chi connectivity index (χ1n) is 6.88. The summed E-state index contributed by atoms with van der Waals surface area (Å²) in [5.74, 6) is 1.19. The summed E-state index contributed by atoms with van der Waals surface area (Å²) < 4.78 is 18.2. The number of benzene rings is 2. The first kappa shape index (κ1) is 13.4. The van der Waals surface area contributed by atoms with Crippen LogP contribution >= 0.6 is 0 Å². The van der Waals surface area contributed by atoms with Crippen LogP contribution < -0.4 is 10.1 Å². The van der Waals surface area contributed by atoms with E-state index in [1.807, 2.05) is 24.3 Å². The number of hydrogen-bond donors (Lipinski definition) is 2. The minimum absolute atomic E-state index is 0.256. The molecule has 1 aromatic heterocycles. The molecule has 0 fully saturated rings. The van der Waals surface area contributed by atoms with Crippen molar-refractivity contribution in [3.63, 3.8) is 0 Å². The Hall–Kier alpha value is -2.56. The molecule has 0 saturated heterocycles. The van der Waals surface area contributed by atoms with Gasteiger partial charge in [0.2, 0.25) is 5.95 Å². The number of nitrogens with one attached hydrogen (secondary N) is 2. The highest BCUT2D eigenvalue weighted by molar-refractivity contribution is 5.77. The average molecular weight is 285 g/mol. The number of rotatable bonds is 6. The molecule has 2 aromatic carbocycles. The van der Waals surface area contributed by atoms with E-state index in [1.54, 1.807) is 12.1 Å². The Kier molecular flexibility index (Phi) is 4.00. The van der Waals surface area contributed by atoms with Crippen molar-refractivity contribution in [2.45, 2.75) is 6.42 Å². The fourth-order valence-corrected chi connectivity index (χ4v) is 2.04. The first-order valence-corrected chi connectivity index (χ1v) is 6.88. The van der Waals surface area contributed by atoms with E-state index in [0.29, 0.717) is 12.4 Å². The van der Waals surface area contributed by atoms with Crippen molar-refractivity contribution in [3.05, 3.63) is 54.3 Å². The second-order valence-electron chi connectivity index (χ2n) is 4.69. The molecule has 3 rings (SSSR count). The highest BCUT2D eigenvalue weighted by atomic mass is 19.1. The van der Waals surface area contributed by atoms with Crippen molar-refractivity contribution in [2.24, 2.45) is 0 Å². The second kappa shape index (κ2) is 6.26. The molecule has 0 saturated carbocycles. The topological polar surface area (TPSA) is 49.9 Å². The zero-order chi connectivity index (χ0) is 14.5. The van der Waals surface area contributed by atoms with E-state index < -0.39 is 0 Å². The van der Waals surface area contributed by atoms with Crippen LogP contribution in [-0.4, -0.2) is 23.1 Å². The van der Waals surface area contributed by atoms with Crippen LogP contribution in [-0.2, 0) is 0 Å². The molecule has 0 aliphatic carbocycles. The van der Waals surface area contributed by atoms with Crippen molar-refractivity contribution in [1.82, 2.24) is 9.97 Å². The summed E-state index contributed by atoms with van der Waals surface area (Å²) in [5, 5.41) is 3.22. The standard InChI is InChI=1S/C16H16FN3O/c17-12-6-8-13(9-7-12)21-11-3-10-18-16-19-14-4-1-2-5-15(14)20-16/h1-2,4-9H,3,10-11H2,(H2,18,19,20). The summed E-state index contributed by atoms with van der Waals surface area (Å²) in [6.45, 7) is 1.32. The number of aromatic nitrogens is 2. The van der Waals surface area contributed by atoms with Crippen LogP contribution in [0.25, 0.3) is 11.0 Å². The van der Waals surface area contributed by atoms with E-state index in [9.17, 15) is 4.39 Å². The van der Waals surface area contributed by atoms with E-state index >= 15 is 0 Å². The summed E-state index contributed by atoms with van der Waals surface area (Å²) >= 11 is 0. The molecule has 1 heterocycles. The normalized spacial score (nSPS) is 10.7. The molecule has 0 radical (unpaired) electrons. The predicted octanol–water partition coefficient (Wildman–Crippen LogP) is 3.58. The Morgan fingerprint density at radius 2 is 1.90 bits per heavy atom. The molecular weight excluding hydrogens is 269 g/mol. The molecule has 0 spiro atoms. The lowest BCUT2D eigenvalue weighted by molar-refractivity contribution is 0.314. The maximum Gasteiger partial charge on any atom is 0.201 e. The number of ether oxygens (including phenoxy) is 1. The minimum Gasteiger partial charge on any atom is -0.494 e. The van der Waals surface area contributed by atoms with Gasteiger partial charge in [0.1, 0.15) is 11.6 Å². The van der Waals surface area contributed by atoms with Gasteiger partial charge in [-0.15, -0.1) is 0 Å². The van der Waals surface area contributed by atoms with Crippen LogP contribution in [0.5, 0.6) is 5.75 Å². The molecule has 108 valence electrons. The zero-order valence-corrected chi connectivity index (χ0v) is 11.5. The van der Waals surface area contributed by atoms with Gasteiger partial charge < -0.3 is 15.0 Å². The van der Waals surface area contributed by atoms with Gasteiger partial charge in [-0.05, 0) is 42.8 Å². The van der Waals surface area contributed by atoms with E-state index in [4.69, 9.17) is 4.74 Å². The van der Waals surface area contributed by atoms with Crippen LogP contribution in [0.4, 0.5) is 10.3 Å². The number of anilines is 1. The van der Waals surface area contributed by atoms with Crippen molar-refractivity contribution in [2.75, 3.05) is 18.5 Å². The molecule has 0 bridgehead atoms. The Balaban J connectivity index is 1.42. The summed E-state index contributed by atoms with van der Waals surface area (Å²) in [4.78, 5) is 7.63. The average Bonchev–Trinajstić information content (AvgIpc) is 2.91. The first-order chi connectivity index (χ1) is 10.3.